The largest absolute Gasteiger partial charge is 0.320 e. The summed E-state index contributed by atoms with van der Waals surface area (Å²) in [5.74, 6) is 0. The van der Waals surface area contributed by atoms with Crippen molar-refractivity contribution in [2.45, 2.75) is 206 Å². The summed E-state index contributed by atoms with van der Waals surface area (Å²) in [6.07, 6.45) is 36.6. The van der Waals surface area contributed by atoms with Crippen LogP contribution in [0.2, 0.25) is 0 Å². The van der Waals surface area contributed by atoms with Crippen LogP contribution in [0, 0.1) is 0 Å². The van der Waals surface area contributed by atoms with E-state index in [0.29, 0.717) is 0 Å². The molecule has 0 aromatic heterocycles. The average Bonchev–Trinajstić information content (AvgIpc) is 3.02. The van der Waals surface area contributed by atoms with Gasteiger partial charge in [0, 0.05) is 5.56 Å². The van der Waals surface area contributed by atoms with E-state index in [0.717, 1.165) is 11.0 Å². The smallest absolute Gasteiger partial charge is 0.294 e. The molecule has 1 rings (SSSR count). The third-order valence-electron chi connectivity index (χ3n) is 9.95. The Morgan fingerprint density at radius 3 is 0.978 bits per heavy atom. The molecule has 45 heavy (non-hydrogen) atoms. The quantitative estimate of drug-likeness (QED) is 0.0468. The van der Waals surface area contributed by atoms with E-state index in [1.165, 1.54) is 199 Å². The first kappa shape index (κ1) is 42.1. The van der Waals surface area contributed by atoms with Crippen LogP contribution in [0.1, 0.15) is 200 Å². The maximum Gasteiger partial charge on any atom is 0.294 e. The zero-order valence-electron chi connectivity index (χ0n) is 30.3. The molecule has 4 nitrogen and oxygen atoms in total. The summed E-state index contributed by atoms with van der Waals surface area (Å²) in [7, 11) is -4.16. The first-order valence-electron chi connectivity index (χ1n) is 19.8. The summed E-state index contributed by atoms with van der Waals surface area (Å²) in [5, 5.41) is 0. The number of benzene rings is 1. The van der Waals surface area contributed by atoms with Gasteiger partial charge in [-0.3, -0.25) is 4.55 Å². The normalized spacial score (nSPS) is 12.3. The molecule has 0 unspecified atom stereocenters. The molecule has 0 bridgehead atoms. The molecule has 264 valence electrons. The van der Waals surface area contributed by atoms with Gasteiger partial charge in [-0.15, -0.1) is 0 Å². The van der Waals surface area contributed by atoms with Gasteiger partial charge in [-0.05, 0) is 50.7 Å². The second-order valence-corrected chi connectivity index (χ2v) is 15.7. The summed E-state index contributed by atoms with van der Waals surface area (Å²) in [6, 6.07) is 7.07. The highest BCUT2D eigenvalue weighted by Gasteiger charge is 2.27. The Hall–Kier alpha value is -0.910. The number of nitrogens with zero attached hydrogens (tertiary/aromatic N) is 1. The first-order valence-corrected chi connectivity index (χ1v) is 21.2. The van der Waals surface area contributed by atoms with Crippen LogP contribution in [0.25, 0.3) is 0 Å². The standard InChI is InChI=1S/C40H75NO3S/c1-4-7-10-13-16-19-22-25-28-35-41(36-29-26-23-20-17-14-11-8-5-2,37-30-27-24-21-18-15-12-9-6-3)38-39-31-33-40(34-32-39)45(42,43)44/h31-34H,4-30,35-38H2,1-3H3/p+1. The fourth-order valence-electron chi connectivity index (χ4n) is 7.00. The van der Waals surface area contributed by atoms with E-state index in [9.17, 15) is 13.0 Å². The van der Waals surface area contributed by atoms with Crippen molar-refractivity contribution < 1.29 is 17.5 Å². The van der Waals surface area contributed by atoms with Crippen molar-refractivity contribution in [3.8, 4) is 0 Å². The second-order valence-electron chi connectivity index (χ2n) is 14.3. The van der Waals surface area contributed by atoms with Gasteiger partial charge in [-0.2, -0.15) is 8.42 Å². The Kier molecular flexibility index (Phi) is 26.3. The third kappa shape index (κ3) is 23.1. The van der Waals surface area contributed by atoms with Crippen molar-refractivity contribution in [1.82, 2.24) is 0 Å². The van der Waals surface area contributed by atoms with E-state index >= 15 is 0 Å². The van der Waals surface area contributed by atoms with Gasteiger partial charge in [-0.25, -0.2) is 0 Å². The molecule has 0 amide bonds. The molecule has 1 N–H and O–H groups in total. The minimum absolute atomic E-state index is 0.00107. The van der Waals surface area contributed by atoms with Crippen molar-refractivity contribution >= 4 is 10.1 Å². The van der Waals surface area contributed by atoms with E-state index in [1.54, 1.807) is 12.1 Å². The molecular formula is C40H76NO3S+. The van der Waals surface area contributed by atoms with Crippen LogP contribution in [-0.2, 0) is 16.7 Å². The summed E-state index contributed by atoms with van der Waals surface area (Å²) in [4.78, 5) is 0.00107. The monoisotopic (exact) mass is 651 g/mol. The topological polar surface area (TPSA) is 54.4 Å². The molecule has 0 saturated carbocycles. The lowest BCUT2D eigenvalue weighted by molar-refractivity contribution is -0.941. The van der Waals surface area contributed by atoms with Gasteiger partial charge < -0.3 is 4.48 Å². The molecular weight excluding hydrogens is 575 g/mol. The molecule has 0 fully saturated rings. The molecule has 0 heterocycles. The Morgan fingerprint density at radius 1 is 0.444 bits per heavy atom. The van der Waals surface area contributed by atoms with Gasteiger partial charge in [0.15, 0.2) is 0 Å². The highest BCUT2D eigenvalue weighted by Crippen LogP contribution is 2.24. The summed E-state index contributed by atoms with van der Waals surface area (Å²) in [6.45, 7) is 11.5. The summed E-state index contributed by atoms with van der Waals surface area (Å²) < 4.78 is 34.0. The van der Waals surface area contributed by atoms with E-state index < -0.39 is 10.1 Å². The fourth-order valence-corrected chi connectivity index (χ4v) is 7.48. The molecule has 0 radical (unpaired) electrons. The molecule has 0 aliphatic carbocycles. The van der Waals surface area contributed by atoms with Crippen LogP contribution >= 0.6 is 0 Å². The van der Waals surface area contributed by atoms with Crippen molar-refractivity contribution in [2.75, 3.05) is 19.6 Å². The van der Waals surface area contributed by atoms with Gasteiger partial charge in [0.25, 0.3) is 10.1 Å². The van der Waals surface area contributed by atoms with Crippen LogP contribution in [0.15, 0.2) is 29.2 Å². The van der Waals surface area contributed by atoms with E-state index in [2.05, 4.69) is 20.8 Å². The average molecular weight is 651 g/mol. The number of hydrogen-bond donors (Lipinski definition) is 1. The minimum Gasteiger partial charge on any atom is -0.320 e. The molecule has 0 atom stereocenters. The zero-order valence-corrected chi connectivity index (χ0v) is 31.2. The Balaban J connectivity index is 2.82. The number of quaternary nitrogens is 1. The third-order valence-corrected chi connectivity index (χ3v) is 10.8. The lowest BCUT2D eigenvalue weighted by Gasteiger charge is -2.39. The van der Waals surface area contributed by atoms with E-state index in [4.69, 9.17) is 0 Å². The molecule has 0 aliphatic heterocycles. The summed E-state index contributed by atoms with van der Waals surface area (Å²) in [5.41, 5.74) is 1.20. The maximum absolute atomic E-state index is 11.7. The van der Waals surface area contributed by atoms with Crippen molar-refractivity contribution in [3.05, 3.63) is 29.8 Å². The van der Waals surface area contributed by atoms with Gasteiger partial charge >= 0.3 is 0 Å². The molecule has 5 heteroatoms. The summed E-state index contributed by atoms with van der Waals surface area (Å²) >= 11 is 0. The molecule has 0 aliphatic rings. The fraction of sp³-hybridized carbons (Fsp3) is 0.850. The highest BCUT2D eigenvalue weighted by atomic mass is 32.2. The van der Waals surface area contributed by atoms with Crippen LogP contribution in [-0.4, -0.2) is 37.1 Å². The van der Waals surface area contributed by atoms with E-state index in [-0.39, 0.29) is 4.90 Å². The lowest BCUT2D eigenvalue weighted by Crippen LogP contribution is -2.49. The predicted molar refractivity (Wildman–Crippen MR) is 197 cm³/mol. The van der Waals surface area contributed by atoms with Crippen LogP contribution in [0.3, 0.4) is 0 Å². The number of rotatable bonds is 33. The minimum atomic E-state index is -4.16. The molecule has 1 aromatic carbocycles. The Bertz CT molecular complexity index is 828. The lowest BCUT2D eigenvalue weighted by atomic mass is 10.0. The zero-order chi connectivity index (χ0) is 32.9. The van der Waals surface area contributed by atoms with Gasteiger partial charge in [0.05, 0.1) is 24.5 Å². The van der Waals surface area contributed by atoms with Crippen molar-refractivity contribution in [1.29, 1.82) is 0 Å². The molecule has 0 saturated heterocycles. The molecule has 0 spiro atoms. The Morgan fingerprint density at radius 2 is 0.711 bits per heavy atom. The maximum atomic E-state index is 11.7. The second kappa shape index (κ2) is 28.1. The van der Waals surface area contributed by atoms with Crippen LogP contribution in [0.4, 0.5) is 0 Å². The Labute approximate surface area is 281 Å². The molecule has 1 aromatic rings. The number of hydrogen-bond acceptors (Lipinski definition) is 2. The SMILES string of the molecule is CCCCCCCCCCC[N+](CCCCCCCCCCC)(CCCCCCCCCCC)Cc1ccc(S(=O)(=O)O)cc1. The van der Waals surface area contributed by atoms with Crippen LogP contribution < -0.4 is 0 Å². The predicted octanol–water partition coefficient (Wildman–Crippen LogP) is 12.8. The van der Waals surface area contributed by atoms with Crippen molar-refractivity contribution in [2.24, 2.45) is 0 Å². The van der Waals surface area contributed by atoms with Gasteiger partial charge in [0.2, 0.25) is 0 Å². The van der Waals surface area contributed by atoms with Gasteiger partial charge in [-0.1, -0.05) is 168 Å². The number of unbranched alkanes of at least 4 members (excludes halogenated alkanes) is 24. The first-order chi connectivity index (χ1) is 21.9. The van der Waals surface area contributed by atoms with Gasteiger partial charge in [0.1, 0.15) is 6.54 Å². The van der Waals surface area contributed by atoms with E-state index in [1.807, 2.05) is 12.1 Å². The van der Waals surface area contributed by atoms with Crippen molar-refractivity contribution in [3.63, 3.8) is 0 Å². The van der Waals surface area contributed by atoms with Crippen LogP contribution in [0.5, 0.6) is 0 Å². The highest BCUT2D eigenvalue weighted by molar-refractivity contribution is 7.85.